The molecule has 3 rings (SSSR count). The Morgan fingerprint density at radius 2 is 1.33 bits per heavy atom. The molecule has 3 aromatic carbocycles. The highest BCUT2D eigenvalue weighted by molar-refractivity contribution is 5.71. The maximum Gasteiger partial charge on any atom is 0.131 e. The van der Waals surface area contributed by atoms with Gasteiger partial charge in [-0.1, -0.05) is 60.7 Å². The van der Waals surface area contributed by atoms with E-state index in [2.05, 4.69) is 12.1 Å². The van der Waals surface area contributed by atoms with Crippen LogP contribution in [0.25, 0.3) is 22.3 Å². The Morgan fingerprint density at radius 3 is 2.00 bits per heavy atom. The highest BCUT2D eigenvalue weighted by Gasteiger charge is 2.06. The van der Waals surface area contributed by atoms with Gasteiger partial charge in [0.05, 0.1) is 0 Å². The number of halogens is 1. The van der Waals surface area contributed by atoms with Crippen LogP contribution < -0.4 is 5.73 Å². The summed E-state index contributed by atoms with van der Waals surface area (Å²) >= 11 is 0. The number of rotatable bonds is 3. The molecule has 3 aromatic rings. The standard InChI is InChI=1S/C19H16FN/c20-19-11-6-14(13-21)12-18(19)17-9-7-16(8-10-17)15-4-2-1-3-5-15/h1-12H,13,21H2. The van der Waals surface area contributed by atoms with E-state index in [4.69, 9.17) is 5.73 Å². The van der Waals surface area contributed by atoms with Gasteiger partial charge in [0.2, 0.25) is 0 Å². The van der Waals surface area contributed by atoms with E-state index < -0.39 is 0 Å². The lowest BCUT2D eigenvalue weighted by Crippen LogP contribution is -1.97. The fraction of sp³-hybridized carbons (Fsp3) is 0.0526. The van der Waals surface area contributed by atoms with Gasteiger partial charge in [0.25, 0.3) is 0 Å². The van der Waals surface area contributed by atoms with Gasteiger partial charge in [0, 0.05) is 12.1 Å². The van der Waals surface area contributed by atoms with Gasteiger partial charge in [-0.25, -0.2) is 4.39 Å². The summed E-state index contributed by atoms with van der Waals surface area (Å²) in [5.41, 5.74) is 10.3. The van der Waals surface area contributed by atoms with Crippen LogP contribution in [0.1, 0.15) is 5.56 Å². The van der Waals surface area contributed by atoms with Gasteiger partial charge in [-0.05, 0) is 34.4 Å². The molecule has 0 heterocycles. The first-order valence-corrected chi connectivity index (χ1v) is 6.92. The lowest BCUT2D eigenvalue weighted by atomic mass is 9.99. The van der Waals surface area contributed by atoms with Crippen molar-refractivity contribution in [2.75, 3.05) is 0 Å². The molecule has 0 saturated heterocycles. The topological polar surface area (TPSA) is 26.0 Å². The molecular weight excluding hydrogens is 261 g/mol. The van der Waals surface area contributed by atoms with Crippen LogP contribution in [0.4, 0.5) is 4.39 Å². The Bertz CT molecular complexity index is 733. The van der Waals surface area contributed by atoms with Crippen molar-refractivity contribution in [2.24, 2.45) is 5.73 Å². The van der Waals surface area contributed by atoms with Crippen molar-refractivity contribution in [1.29, 1.82) is 0 Å². The molecule has 0 aliphatic carbocycles. The molecule has 2 heteroatoms. The zero-order valence-electron chi connectivity index (χ0n) is 11.6. The predicted molar refractivity (Wildman–Crippen MR) is 85.2 cm³/mol. The van der Waals surface area contributed by atoms with E-state index in [1.54, 1.807) is 6.07 Å². The van der Waals surface area contributed by atoms with Crippen LogP contribution in [0.15, 0.2) is 72.8 Å². The third-order valence-electron chi connectivity index (χ3n) is 3.57. The van der Waals surface area contributed by atoms with Crippen molar-refractivity contribution < 1.29 is 4.39 Å². The number of hydrogen-bond donors (Lipinski definition) is 1. The van der Waals surface area contributed by atoms with Gasteiger partial charge >= 0.3 is 0 Å². The Kier molecular flexibility index (Phi) is 3.80. The average Bonchev–Trinajstić information content (AvgIpc) is 2.56. The monoisotopic (exact) mass is 277 g/mol. The van der Waals surface area contributed by atoms with Gasteiger partial charge < -0.3 is 5.73 Å². The molecule has 0 atom stereocenters. The van der Waals surface area contributed by atoms with E-state index in [1.165, 1.54) is 6.07 Å². The van der Waals surface area contributed by atoms with Gasteiger partial charge in [0.1, 0.15) is 5.82 Å². The molecule has 0 fully saturated rings. The lowest BCUT2D eigenvalue weighted by molar-refractivity contribution is 0.630. The fourth-order valence-corrected chi connectivity index (χ4v) is 2.39. The van der Waals surface area contributed by atoms with Crippen LogP contribution in [0.5, 0.6) is 0 Å². The maximum absolute atomic E-state index is 14.0. The second-order valence-corrected chi connectivity index (χ2v) is 4.96. The summed E-state index contributed by atoms with van der Waals surface area (Å²) in [6.45, 7) is 0.412. The van der Waals surface area contributed by atoms with E-state index in [0.29, 0.717) is 12.1 Å². The van der Waals surface area contributed by atoms with Crippen LogP contribution in [-0.4, -0.2) is 0 Å². The lowest BCUT2D eigenvalue weighted by Gasteiger charge is -2.08. The highest BCUT2D eigenvalue weighted by Crippen LogP contribution is 2.27. The molecule has 0 aliphatic rings. The molecule has 0 unspecified atom stereocenters. The molecular formula is C19H16FN. The van der Waals surface area contributed by atoms with Crippen LogP contribution in [0, 0.1) is 5.82 Å². The normalized spacial score (nSPS) is 10.6. The van der Waals surface area contributed by atoms with E-state index in [1.807, 2.05) is 48.5 Å². The van der Waals surface area contributed by atoms with Crippen LogP contribution in [0.3, 0.4) is 0 Å². The quantitative estimate of drug-likeness (QED) is 0.742. The summed E-state index contributed by atoms with van der Waals surface area (Å²) in [5.74, 6) is -0.223. The van der Waals surface area contributed by atoms with Crippen molar-refractivity contribution in [3.8, 4) is 22.3 Å². The first-order valence-electron chi connectivity index (χ1n) is 6.92. The van der Waals surface area contributed by atoms with Gasteiger partial charge in [-0.2, -0.15) is 0 Å². The maximum atomic E-state index is 14.0. The SMILES string of the molecule is NCc1ccc(F)c(-c2ccc(-c3ccccc3)cc2)c1. The van der Waals surface area contributed by atoms with Gasteiger partial charge in [0.15, 0.2) is 0 Å². The van der Waals surface area contributed by atoms with Gasteiger partial charge in [-0.3, -0.25) is 0 Å². The molecule has 0 spiro atoms. The van der Waals surface area contributed by atoms with Crippen molar-refractivity contribution in [1.82, 2.24) is 0 Å². The molecule has 0 radical (unpaired) electrons. The number of hydrogen-bond acceptors (Lipinski definition) is 1. The Morgan fingerprint density at radius 1 is 0.714 bits per heavy atom. The minimum absolute atomic E-state index is 0.223. The molecule has 0 bridgehead atoms. The zero-order valence-corrected chi connectivity index (χ0v) is 11.6. The van der Waals surface area contributed by atoms with Crippen molar-refractivity contribution in [2.45, 2.75) is 6.54 Å². The molecule has 0 aromatic heterocycles. The largest absolute Gasteiger partial charge is 0.326 e. The molecule has 2 N–H and O–H groups in total. The first-order chi connectivity index (χ1) is 10.3. The van der Waals surface area contributed by atoms with E-state index in [0.717, 1.165) is 22.3 Å². The summed E-state index contributed by atoms with van der Waals surface area (Å²) in [6, 6.07) is 23.1. The van der Waals surface area contributed by atoms with Gasteiger partial charge in [-0.15, -0.1) is 0 Å². The summed E-state index contributed by atoms with van der Waals surface area (Å²) in [6.07, 6.45) is 0. The molecule has 21 heavy (non-hydrogen) atoms. The smallest absolute Gasteiger partial charge is 0.131 e. The molecule has 104 valence electrons. The minimum Gasteiger partial charge on any atom is -0.326 e. The van der Waals surface area contributed by atoms with Crippen LogP contribution >= 0.6 is 0 Å². The predicted octanol–water partition coefficient (Wildman–Crippen LogP) is 4.62. The van der Waals surface area contributed by atoms with Crippen molar-refractivity contribution in [3.05, 3.63) is 84.2 Å². The molecule has 0 amide bonds. The molecule has 1 nitrogen and oxygen atoms in total. The minimum atomic E-state index is -0.223. The van der Waals surface area contributed by atoms with Crippen molar-refractivity contribution in [3.63, 3.8) is 0 Å². The summed E-state index contributed by atoms with van der Waals surface area (Å²) < 4.78 is 14.0. The average molecular weight is 277 g/mol. The van der Waals surface area contributed by atoms with E-state index in [-0.39, 0.29) is 5.82 Å². The third kappa shape index (κ3) is 2.86. The zero-order chi connectivity index (χ0) is 14.7. The number of nitrogens with two attached hydrogens (primary N) is 1. The van der Waals surface area contributed by atoms with E-state index >= 15 is 0 Å². The van der Waals surface area contributed by atoms with Crippen LogP contribution in [0.2, 0.25) is 0 Å². The Hall–Kier alpha value is -2.45. The first kappa shape index (κ1) is 13.5. The second-order valence-electron chi connectivity index (χ2n) is 4.96. The summed E-state index contributed by atoms with van der Waals surface area (Å²) in [5, 5.41) is 0. The third-order valence-corrected chi connectivity index (χ3v) is 3.57. The number of benzene rings is 3. The second kappa shape index (κ2) is 5.90. The fourth-order valence-electron chi connectivity index (χ4n) is 2.39. The summed E-state index contributed by atoms with van der Waals surface area (Å²) in [7, 11) is 0. The van der Waals surface area contributed by atoms with Crippen LogP contribution in [-0.2, 0) is 6.54 Å². The molecule has 0 saturated carbocycles. The summed E-state index contributed by atoms with van der Waals surface area (Å²) in [4.78, 5) is 0. The van der Waals surface area contributed by atoms with E-state index in [9.17, 15) is 4.39 Å². The van der Waals surface area contributed by atoms with Crippen molar-refractivity contribution >= 4 is 0 Å². The highest BCUT2D eigenvalue weighted by atomic mass is 19.1. The Balaban J connectivity index is 1.98. The molecule has 0 aliphatic heterocycles. The Labute approximate surface area is 123 Å².